The number of para-hydroxylation sites is 2. The van der Waals surface area contributed by atoms with Crippen molar-refractivity contribution in [3.8, 4) is 45.5 Å². The van der Waals surface area contributed by atoms with E-state index in [9.17, 15) is 10.5 Å². The Kier molecular flexibility index (Phi) is 5.22. The monoisotopic (exact) mass is 536 g/mol. The maximum absolute atomic E-state index is 9.97. The van der Waals surface area contributed by atoms with Gasteiger partial charge in [-0.05, 0) is 94.5 Å². The van der Waals surface area contributed by atoms with Gasteiger partial charge in [0.2, 0.25) is 0 Å². The van der Waals surface area contributed by atoms with Crippen LogP contribution in [0.1, 0.15) is 11.1 Å². The molecule has 4 nitrogen and oxygen atoms in total. The average molecular weight is 537 g/mol. The van der Waals surface area contributed by atoms with E-state index in [2.05, 4.69) is 72.8 Å². The van der Waals surface area contributed by atoms with Gasteiger partial charge in [-0.3, -0.25) is 0 Å². The van der Waals surface area contributed by atoms with Crippen molar-refractivity contribution in [3.05, 3.63) is 132 Å². The summed E-state index contributed by atoms with van der Waals surface area (Å²) in [4.78, 5) is 0. The van der Waals surface area contributed by atoms with Crippen LogP contribution in [0.3, 0.4) is 0 Å². The highest BCUT2D eigenvalue weighted by atomic mass is 16.3. The summed E-state index contributed by atoms with van der Waals surface area (Å²) in [6.07, 6.45) is 0. The minimum atomic E-state index is 0.459. The second kappa shape index (κ2) is 9.24. The minimum Gasteiger partial charge on any atom is -0.456 e. The molecule has 2 aromatic heterocycles. The van der Waals surface area contributed by atoms with Crippen LogP contribution in [-0.4, -0.2) is 0 Å². The van der Waals surface area contributed by atoms with Crippen LogP contribution in [-0.2, 0) is 0 Å². The number of nitrogens with zero attached hydrogens (tertiary/aromatic N) is 2. The lowest BCUT2D eigenvalue weighted by atomic mass is 9.89. The molecule has 0 bridgehead atoms. The van der Waals surface area contributed by atoms with Crippen LogP contribution < -0.4 is 0 Å². The second-order valence-electron chi connectivity index (χ2n) is 10.4. The molecule has 194 valence electrons. The van der Waals surface area contributed by atoms with Gasteiger partial charge in [0.25, 0.3) is 0 Å². The van der Waals surface area contributed by atoms with Crippen LogP contribution in [0.25, 0.3) is 77.3 Å². The van der Waals surface area contributed by atoms with E-state index in [1.165, 1.54) is 0 Å². The van der Waals surface area contributed by atoms with Crippen LogP contribution in [0, 0.1) is 22.7 Å². The minimum absolute atomic E-state index is 0.459. The number of furan rings is 2. The Bertz CT molecular complexity index is 2410. The molecule has 0 aliphatic rings. The fourth-order valence-electron chi connectivity index (χ4n) is 5.97. The van der Waals surface area contributed by atoms with E-state index in [0.717, 1.165) is 71.7 Å². The lowest BCUT2D eigenvalue weighted by Crippen LogP contribution is -1.92. The third-order valence-electron chi connectivity index (χ3n) is 7.95. The molecule has 0 fully saturated rings. The highest BCUT2D eigenvalue weighted by Gasteiger charge is 2.16. The van der Waals surface area contributed by atoms with Crippen molar-refractivity contribution in [2.45, 2.75) is 0 Å². The summed E-state index contributed by atoms with van der Waals surface area (Å²) >= 11 is 0. The quantitative estimate of drug-likeness (QED) is 0.225. The van der Waals surface area contributed by atoms with E-state index in [4.69, 9.17) is 8.83 Å². The smallest absolute Gasteiger partial charge is 0.136 e. The summed E-state index contributed by atoms with van der Waals surface area (Å²) in [5.41, 5.74) is 9.60. The first-order valence-electron chi connectivity index (χ1n) is 13.6. The number of nitriles is 2. The van der Waals surface area contributed by atoms with E-state index >= 15 is 0 Å². The standard InChI is InChI=1S/C38H20N2O2/c39-21-25-6-5-7-26(22-40)38(25)29-17-27(23-13-15-36-33(19-23)31-9-2-4-11-35(31)41-36)16-28(18-29)24-12-14-32-30-8-1-3-10-34(30)42-37(32)20-24/h1-20H. The molecular weight excluding hydrogens is 516 g/mol. The first-order chi connectivity index (χ1) is 20.7. The van der Waals surface area contributed by atoms with Gasteiger partial charge < -0.3 is 8.83 Å². The highest BCUT2D eigenvalue weighted by Crippen LogP contribution is 2.39. The van der Waals surface area contributed by atoms with Gasteiger partial charge in [-0.2, -0.15) is 10.5 Å². The maximum atomic E-state index is 9.97. The molecule has 2 heterocycles. The summed E-state index contributed by atoms with van der Waals surface area (Å²) in [6, 6.07) is 44.6. The third kappa shape index (κ3) is 3.68. The molecule has 42 heavy (non-hydrogen) atoms. The normalized spacial score (nSPS) is 11.3. The van der Waals surface area contributed by atoms with Crippen molar-refractivity contribution in [3.63, 3.8) is 0 Å². The van der Waals surface area contributed by atoms with Gasteiger partial charge >= 0.3 is 0 Å². The van der Waals surface area contributed by atoms with Crippen molar-refractivity contribution in [1.82, 2.24) is 0 Å². The van der Waals surface area contributed by atoms with Gasteiger partial charge in [0.15, 0.2) is 0 Å². The zero-order chi connectivity index (χ0) is 28.2. The highest BCUT2D eigenvalue weighted by molar-refractivity contribution is 6.07. The van der Waals surface area contributed by atoms with Crippen LogP contribution in [0.15, 0.2) is 130 Å². The Morgan fingerprint density at radius 3 is 1.60 bits per heavy atom. The maximum Gasteiger partial charge on any atom is 0.136 e. The second-order valence-corrected chi connectivity index (χ2v) is 10.4. The number of benzene rings is 6. The molecule has 0 spiro atoms. The summed E-state index contributed by atoms with van der Waals surface area (Å²) < 4.78 is 12.3. The van der Waals surface area contributed by atoms with E-state index in [1.54, 1.807) is 18.2 Å². The van der Waals surface area contributed by atoms with Crippen LogP contribution in [0.2, 0.25) is 0 Å². The molecule has 8 aromatic rings. The number of fused-ring (bicyclic) bond motifs is 6. The molecule has 8 rings (SSSR count). The Labute approximate surface area is 240 Å². The Morgan fingerprint density at radius 2 is 0.905 bits per heavy atom. The summed E-state index contributed by atoms with van der Waals surface area (Å²) in [5, 5.41) is 24.2. The van der Waals surface area contributed by atoms with Crippen molar-refractivity contribution in [2.24, 2.45) is 0 Å². The van der Waals surface area contributed by atoms with E-state index in [-0.39, 0.29) is 0 Å². The molecule has 4 heteroatoms. The molecule has 0 saturated carbocycles. The molecule has 0 aliphatic heterocycles. The molecule has 0 amide bonds. The predicted octanol–water partition coefficient (Wildman–Crippen LogP) is 10.2. The summed E-state index contributed by atoms with van der Waals surface area (Å²) in [7, 11) is 0. The van der Waals surface area contributed by atoms with Crippen molar-refractivity contribution >= 4 is 43.9 Å². The van der Waals surface area contributed by atoms with E-state index < -0.39 is 0 Å². The van der Waals surface area contributed by atoms with Gasteiger partial charge in [0, 0.05) is 27.1 Å². The van der Waals surface area contributed by atoms with Gasteiger partial charge in [0.1, 0.15) is 22.3 Å². The van der Waals surface area contributed by atoms with Crippen LogP contribution >= 0.6 is 0 Å². The fraction of sp³-hybridized carbons (Fsp3) is 0. The van der Waals surface area contributed by atoms with Gasteiger partial charge in [0.05, 0.1) is 23.3 Å². The molecule has 0 unspecified atom stereocenters. The molecule has 0 N–H and O–H groups in total. The topological polar surface area (TPSA) is 73.9 Å². The van der Waals surface area contributed by atoms with Crippen LogP contribution in [0.4, 0.5) is 0 Å². The summed E-state index contributed by atoms with van der Waals surface area (Å²) in [5.74, 6) is 0. The Balaban J connectivity index is 1.39. The fourth-order valence-corrected chi connectivity index (χ4v) is 5.97. The zero-order valence-electron chi connectivity index (χ0n) is 22.3. The predicted molar refractivity (Wildman–Crippen MR) is 167 cm³/mol. The first kappa shape index (κ1) is 23.8. The lowest BCUT2D eigenvalue weighted by molar-refractivity contribution is 0.668. The van der Waals surface area contributed by atoms with Crippen molar-refractivity contribution in [1.29, 1.82) is 10.5 Å². The molecule has 0 aliphatic carbocycles. The molecule has 0 atom stereocenters. The largest absolute Gasteiger partial charge is 0.456 e. The van der Waals surface area contributed by atoms with Gasteiger partial charge in [-0.15, -0.1) is 0 Å². The van der Waals surface area contributed by atoms with Crippen molar-refractivity contribution < 1.29 is 8.83 Å². The van der Waals surface area contributed by atoms with Gasteiger partial charge in [-0.1, -0.05) is 54.6 Å². The zero-order valence-corrected chi connectivity index (χ0v) is 22.3. The van der Waals surface area contributed by atoms with Crippen LogP contribution in [0.5, 0.6) is 0 Å². The third-order valence-corrected chi connectivity index (χ3v) is 7.95. The van der Waals surface area contributed by atoms with Gasteiger partial charge in [-0.25, -0.2) is 0 Å². The molecule has 0 radical (unpaired) electrons. The first-order valence-corrected chi connectivity index (χ1v) is 13.6. The average Bonchev–Trinajstić information content (AvgIpc) is 3.61. The lowest BCUT2D eigenvalue weighted by Gasteiger charge is -2.13. The SMILES string of the molecule is N#Cc1cccc(C#N)c1-c1cc(-c2ccc3c(c2)oc2ccccc23)cc(-c2ccc3oc4ccccc4c3c2)c1. The number of rotatable bonds is 3. The van der Waals surface area contributed by atoms with E-state index in [0.29, 0.717) is 16.7 Å². The number of hydrogen-bond acceptors (Lipinski definition) is 4. The Morgan fingerprint density at radius 1 is 0.381 bits per heavy atom. The number of hydrogen-bond donors (Lipinski definition) is 0. The molecular formula is C38H20N2O2. The van der Waals surface area contributed by atoms with Crippen molar-refractivity contribution in [2.75, 3.05) is 0 Å². The Hall–Kier alpha value is -6.10. The summed E-state index contributed by atoms with van der Waals surface area (Å²) in [6.45, 7) is 0. The van der Waals surface area contributed by atoms with E-state index in [1.807, 2.05) is 42.5 Å². The molecule has 6 aromatic carbocycles. The molecule has 0 saturated heterocycles.